The first kappa shape index (κ1) is 10.7. The minimum Gasteiger partial charge on any atom is -0.340 e. The van der Waals surface area contributed by atoms with Crippen LogP contribution in [0, 0.1) is 11.8 Å². The quantitative estimate of drug-likeness (QED) is 0.680. The smallest absolute Gasteiger partial charge is 0.244 e. The third-order valence-electron chi connectivity index (χ3n) is 3.79. The van der Waals surface area contributed by atoms with Crippen LogP contribution in [0.5, 0.6) is 0 Å². The maximum absolute atomic E-state index is 12.0. The Morgan fingerprint density at radius 3 is 2.59 bits per heavy atom. The van der Waals surface area contributed by atoms with Crippen LogP contribution in [0.4, 0.5) is 0 Å². The van der Waals surface area contributed by atoms with Gasteiger partial charge < -0.3 is 9.80 Å². The molecule has 0 aliphatic carbocycles. The van der Waals surface area contributed by atoms with Crippen molar-refractivity contribution in [3.63, 3.8) is 0 Å². The Morgan fingerprint density at radius 1 is 1.29 bits per heavy atom. The highest BCUT2D eigenvalue weighted by molar-refractivity contribution is 5.76. The topological polar surface area (TPSA) is 54.3 Å². The third kappa shape index (κ3) is 2.04. The second-order valence-corrected chi connectivity index (χ2v) is 5.13. The first-order chi connectivity index (χ1) is 8.22. The van der Waals surface area contributed by atoms with Crippen molar-refractivity contribution in [3.8, 4) is 0 Å². The van der Waals surface area contributed by atoms with Crippen molar-refractivity contribution in [2.24, 2.45) is 11.8 Å². The van der Waals surface area contributed by atoms with Crippen molar-refractivity contribution >= 4 is 5.91 Å². The van der Waals surface area contributed by atoms with Gasteiger partial charge in [-0.3, -0.25) is 4.79 Å². The summed E-state index contributed by atoms with van der Waals surface area (Å²) in [5, 5.41) is 3.96. The van der Waals surface area contributed by atoms with Crippen molar-refractivity contribution < 1.29 is 4.79 Å². The van der Waals surface area contributed by atoms with Crippen LogP contribution in [0.25, 0.3) is 0 Å². The molecule has 92 valence electrons. The molecule has 17 heavy (non-hydrogen) atoms. The van der Waals surface area contributed by atoms with Gasteiger partial charge in [-0.15, -0.1) is 0 Å². The zero-order valence-corrected chi connectivity index (χ0v) is 9.99. The van der Waals surface area contributed by atoms with Gasteiger partial charge in [0.1, 0.15) is 19.2 Å². The number of carbonyl (C=O) groups excluding carboxylic acids is 1. The lowest BCUT2D eigenvalue weighted by atomic mass is 10.0. The van der Waals surface area contributed by atoms with E-state index in [1.807, 2.05) is 4.90 Å². The largest absolute Gasteiger partial charge is 0.340 e. The van der Waals surface area contributed by atoms with Crippen molar-refractivity contribution in [1.29, 1.82) is 0 Å². The van der Waals surface area contributed by atoms with E-state index < -0.39 is 0 Å². The number of likely N-dealkylation sites (tertiary alicyclic amines) is 2. The zero-order chi connectivity index (χ0) is 11.8. The summed E-state index contributed by atoms with van der Waals surface area (Å²) in [5.41, 5.74) is 0. The van der Waals surface area contributed by atoms with E-state index in [2.05, 4.69) is 22.0 Å². The summed E-state index contributed by atoms with van der Waals surface area (Å²) in [6, 6.07) is 0. The average molecular weight is 235 g/mol. The maximum Gasteiger partial charge on any atom is 0.244 e. The van der Waals surface area contributed by atoms with Crippen LogP contribution in [-0.4, -0.2) is 63.7 Å². The van der Waals surface area contributed by atoms with Gasteiger partial charge in [-0.2, -0.15) is 5.10 Å². The Balaban J connectivity index is 1.58. The molecular formula is C11H17N5O. The molecule has 2 aliphatic heterocycles. The molecule has 2 saturated heterocycles. The van der Waals surface area contributed by atoms with Crippen molar-refractivity contribution in [2.45, 2.75) is 6.54 Å². The first-order valence-corrected chi connectivity index (χ1v) is 6.01. The Bertz CT molecular complexity index is 390. The van der Waals surface area contributed by atoms with Gasteiger partial charge in [0.15, 0.2) is 0 Å². The van der Waals surface area contributed by atoms with Gasteiger partial charge in [0, 0.05) is 26.2 Å². The average Bonchev–Trinajstić information content (AvgIpc) is 2.92. The standard InChI is InChI=1S/C11H17N5O/c1-14-2-9-4-15(5-10(9)3-14)11(17)6-16-8-12-7-13-16/h7-10H,2-6H2,1H3. The minimum absolute atomic E-state index is 0.160. The van der Waals surface area contributed by atoms with Crippen molar-refractivity contribution in [2.75, 3.05) is 33.2 Å². The van der Waals surface area contributed by atoms with Crippen LogP contribution < -0.4 is 0 Å². The first-order valence-electron chi connectivity index (χ1n) is 6.01. The maximum atomic E-state index is 12.0. The molecule has 2 atom stereocenters. The number of hydrogen-bond acceptors (Lipinski definition) is 4. The molecule has 6 heteroatoms. The summed E-state index contributed by atoms with van der Waals surface area (Å²) >= 11 is 0. The molecule has 1 aromatic rings. The minimum atomic E-state index is 0.160. The molecule has 2 unspecified atom stereocenters. The lowest BCUT2D eigenvalue weighted by Gasteiger charge is -2.19. The summed E-state index contributed by atoms with van der Waals surface area (Å²) < 4.78 is 1.59. The molecule has 0 radical (unpaired) electrons. The van der Waals surface area contributed by atoms with E-state index in [0.29, 0.717) is 18.4 Å². The number of carbonyl (C=O) groups is 1. The predicted octanol–water partition coefficient (Wildman–Crippen LogP) is -0.702. The number of fused-ring (bicyclic) bond motifs is 1. The normalized spacial score (nSPS) is 28.6. The van der Waals surface area contributed by atoms with E-state index in [1.54, 1.807) is 11.0 Å². The molecule has 0 aromatic carbocycles. The Labute approximate surface area is 100 Å². The molecule has 0 spiro atoms. The molecule has 0 saturated carbocycles. The number of nitrogens with zero attached hydrogens (tertiary/aromatic N) is 5. The highest BCUT2D eigenvalue weighted by Gasteiger charge is 2.40. The van der Waals surface area contributed by atoms with Gasteiger partial charge in [0.2, 0.25) is 5.91 Å². The van der Waals surface area contributed by atoms with Gasteiger partial charge in [-0.1, -0.05) is 0 Å². The van der Waals surface area contributed by atoms with Crippen LogP contribution >= 0.6 is 0 Å². The third-order valence-corrected chi connectivity index (χ3v) is 3.79. The summed E-state index contributed by atoms with van der Waals surface area (Å²) in [6.45, 7) is 4.37. The molecule has 0 N–H and O–H groups in total. The van der Waals surface area contributed by atoms with Crippen LogP contribution in [0.2, 0.25) is 0 Å². The second kappa shape index (κ2) is 4.10. The van der Waals surface area contributed by atoms with Crippen LogP contribution in [0.3, 0.4) is 0 Å². The fourth-order valence-corrected chi connectivity index (χ4v) is 2.98. The van der Waals surface area contributed by atoms with Gasteiger partial charge in [0.25, 0.3) is 0 Å². The Hall–Kier alpha value is -1.43. The van der Waals surface area contributed by atoms with Gasteiger partial charge >= 0.3 is 0 Å². The summed E-state index contributed by atoms with van der Waals surface area (Å²) in [4.78, 5) is 20.2. The van der Waals surface area contributed by atoms with Gasteiger partial charge in [-0.25, -0.2) is 9.67 Å². The fourth-order valence-electron chi connectivity index (χ4n) is 2.98. The molecule has 1 amide bonds. The molecule has 3 rings (SSSR count). The predicted molar refractivity (Wildman–Crippen MR) is 61.1 cm³/mol. The van der Waals surface area contributed by atoms with E-state index in [9.17, 15) is 4.79 Å². The fraction of sp³-hybridized carbons (Fsp3) is 0.727. The van der Waals surface area contributed by atoms with Gasteiger partial charge in [-0.05, 0) is 18.9 Å². The van der Waals surface area contributed by atoms with E-state index in [1.165, 1.54) is 6.33 Å². The van der Waals surface area contributed by atoms with E-state index in [-0.39, 0.29) is 5.91 Å². The van der Waals surface area contributed by atoms with E-state index >= 15 is 0 Å². The van der Waals surface area contributed by atoms with Crippen molar-refractivity contribution in [3.05, 3.63) is 12.7 Å². The molecule has 3 heterocycles. The number of amides is 1. The van der Waals surface area contributed by atoms with Crippen LogP contribution in [0.15, 0.2) is 12.7 Å². The summed E-state index contributed by atoms with van der Waals surface area (Å²) in [6.07, 6.45) is 3.05. The van der Waals surface area contributed by atoms with Crippen LogP contribution in [-0.2, 0) is 11.3 Å². The van der Waals surface area contributed by atoms with Crippen LogP contribution in [0.1, 0.15) is 0 Å². The highest BCUT2D eigenvalue weighted by Crippen LogP contribution is 2.30. The second-order valence-electron chi connectivity index (χ2n) is 5.13. The van der Waals surface area contributed by atoms with Gasteiger partial charge in [0.05, 0.1) is 0 Å². The Kier molecular flexibility index (Phi) is 2.58. The molecule has 2 fully saturated rings. The Morgan fingerprint density at radius 2 is 2.00 bits per heavy atom. The van der Waals surface area contributed by atoms with E-state index in [0.717, 1.165) is 26.2 Å². The number of rotatable bonds is 2. The summed E-state index contributed by atoms with van der Waals surface area (Å²) in [7, 11) is 2.15. The molecule has 1 aromatic heterocycles. The van der Waals surface area contributed by atoms with Crippen molar-refractivity contribution in [1.82, 2.24) is 24.6 Å². The highest BCUT2D eigenvalue weighted by atomic mass is 16.2. The molecule has 6 nitrogen and oxygen atoms in total. The molecular weight excluding hydrogens is 218 g/mol. The monoisotopic (exact) mass is 235 g/mol. The summed E-state index contributed by atoms with van der Waals surface area (Å²) in [5.74, 6) is 1.49. The molecule has 0 bridgehead atoms. The lowest BCUT2D eigenvalue weighted by molar-refractivity contribution is -0.131. The zero-order valence-electron chi connectivity index (χ0n) is 9.99. The number of hydrogen-bond donors (Lipinski definition) is 0. The molecule has 2 aliphatic rings. The number of aromatic nitrogens is 3. The van der Waals surface area contributed by atoms with E-state index in [4.69, 9.17) is 0 Å². The lowest BCUT2D eigenvalue weighted by Crippen LogP contribution is -2.34. The SMILES string of the molecule is CN1CC2CN(C(=O)Cn3cncn3)CC2C1.